The van der Waals surface area contributed by atoms with E-state index in [9.17, 15) is 28.6 Å². The van der Waals surface area contributed by atoms with Crippen LogP contribution >= 0.6 is 0 Å². The molecule has 1 aromatic rings. The second-order valence-corrected chi connectivity index (χ2v) is 6.93. The van der Waals surface area contributed by atoms with Crippen molar-refractivity contribution in [1.29, 1.82) is 0 Å². The molecule has 26 heavy (non-hydrogen) atoms. The lowest BCUT2D eigenvalue weighted by Gasteiger charge is -2.29. The monoisotopic (exact) mass is 368 g/mol. The summed E-state index contributed by atoms with van der Waals surface area (Å²) < 4.78 is 27.0. The van der Waals surface area contributed by atoms with Gasteiger partial charge in [0.1, 0.15) is 29.9 Å². The summed E-state index contributed by atoms with van der Waals surface area (Å²) in [7, 11) is 0. The standard InChI is InChI=1S/C18H22F2N2O4/c19-10-6-7-12(13(20)8-10)18(26)22-9-14(23)16(24)15(22)17(25)21-11-4-2-1-3-5-11/h6-8,11,14-16,23-24H,1-5,9H2,(H,21,25)/t14-,15-,16-/m0/s1. The first-order valence-electron chi connectivity index (χ1n) is 8.81. The first-order chi connectivity index (χ1) is 12.4. The van der Waals surface area contributed by atoms with Gasteiger partial charge in [-0.25, -0.2) is 8.78 Å². The molecule has 0 aromatic heterocycles. The Morgan fingerprint density at radius 1 is 1.12 bits per heavy atom. The zero-order valence-corrected chi connectivity index (χ0v) is 14.2. The molecule has 0 spiro atoms. The van der Waals surface area contributed by atoms with Gasteiger partial charge in [0.15, 0.2) is 0 Å². The molecule has 3 atom stereocenters. The maximum atomic E-state index is 13.9. The number of likely N-dealkylation sites (tertiary alicyclic amines) is 1. The van der Waals surface area contributed by atoms with Crippen LogP contribution in [0.15, 0.2) is 18.2 Å². The summed E-state index contributed by atoms with van der Waals surface area (Å²) in [6.07, 6.45) is 1.94. The Hall–Kier alpha value is -2.06. The molecule has 1 aliphatic carbocycles. The smallest absolute Gasteiger partial charge is 0.257 e. The van der Waals surface area contributed by atoms with Crippen LogP contribution in [0.25, 0.3) is 0 Å². The number of nitrogens with one attached hydrogen (secondary N) is 1. The molecule has 6 nitrogen and oxygen atoms in total. The third-order valence-electron chi connectivity index (χ3n) is 5.08. The summed E-state index contributed by atoms with van der Waals surface area (Å²) in [5, 5.41) is 22.9. The third-order valence-corrected chi connectivity index (χ3v) is 5.08. The number of amides is 2. The number of carbonyl (C=O) groups is 2. The van der Waals surface area contributed by atoms with Crippen LogP contribution in [-0.4, -0.2) is 57.8 Å². The summed E-state index contributed by atoms with van der Waals surface area (Å²) in [5.74, 6) is -3.33. The van der Waals surface area contributed by atoms with Crippen molar-refractivity contribution in [2.45, 2.75) is 56.4 Å². The lowest BCUT2D eigenvalue weighted by atomic mass is 9.95. The lowest BCUT2D eigenvalue weighted by molar-refractivity contribution is -0.128. The van der Waals surface area contributed by atoms with Crippen LogP contribution in [0.4, 0.5) is 8.78 Å². The van der Waals surface area contributed by atoms with Crippen molar-refractivity contribution in [3.63, 3.8) is 0 Å². The van der Waals surface area contributed by atoms with E-state index < -0.39 is 47.3 Å². The fraction of sp³-hybridized carbons (Fsp3) is 0.556. The average molecular weight is 368 g/mol. The van der Waals surface area contributed by atoms with Gasteiger partial charge in [-0.05, 0) is 25.0 Å². The molecule has 1 aromatic carbocycles. The lowest BCUT2D eigenvalue weighted by Crippen LogP contribution is -2.53. The van der Waals surface area contributed by atoms with E-state index in [1.165, 1.54) is 0 Å². The Morgan fingerprint density at radius 3 is 2.46 bits per heavy atom. The molecular weight excluding hydrogens is 346 g/mol. The van der Waals surface area contributed by atoms with Crippen LogP contribution in [-0.2, 0) is 4.79 Å². The van der Waals surface area contributed by atoms with Crippen molar-refractivity contribution in [3.8, 4) is 0 Å². The van der Waals surface area contributed by atoms with E-state index in [4.69, 9.17) is 0 Å². The van der Waals surface area contributed by atoms with Crippen molar-refractivity contribution in [3.05, 3.63) is 35.4 Å². The van der Waals surface area contributed by atoms with E-state index in [2.05, 4.69) is 5.32 Å². The molecule has 1 aliphatic heterocycles. The fourth-order valence-corrected chi connectivity index (χ4v) is 3.67. The number of nitrogens with zero attached hydrogens (tertiary/aromatic N) is 1. The molecule has 2 fully saturated rings. The molecule has 8 heteroatoms. The third kappa shape index (κ3) is 3.71. The summed E-state index contributed by atoms with van der Waals surface area (Å²) in [5.41, 5.74) is -0.414. The maximum absolute atomic E-state index is 13.9. The predicted octanol–water partition coefficient (Wildman–Crippen LogP) is 0.960. The first-order valence-corrected chi connectivity index (χ1v) is 8.81. The van der Waals surface area contributed by atoms with E-state index in [0.717, 1.165) is 49.1 Å². The van der Waals surface area contributed by atoms with Crippen LogP contribution in [0.3, 0.4) is 0 Å². The van der Waals surface area contributed by atoms with Crippen molar-refractivity contribution < 1.29 is 28.6 Å². The Balaban J connectivity index is 1.79. The Morgan fingerprint density at radius 2 is 1.81 bits per heavy atom. The molecule has 2 amide bonds. The van der Waals surface area contributed by atoms with Crippen molar-refractivity contribution in [1.82, 2.24) is 10.2 Å². The summed E-state index contributed by atoms with van der Waals surface area (Å²) in [6.45, 7) is -0.306. The number of benzene rings is 1. The van der Waals surface area contributed by atoms with Crippen molar-refractivity contribution in [2.75, 3.05) is 6.54 Å². The number of aliphatic hydroxyl groups excluding tert-OH is 2. The van der Waals surface area contributed by atoms with Gasteiger partial charge in [0.2, 0.25) is 5.91 Å². The van der Waals surface area contributed by atoms with E-state index in [0.29, 0.717) is 6.07 Å². The summed E-state index contributed by atoms with van der Waals surface area (Å²) in [6, 6.07) is 1.15. The molecule has 3 rings (SSSR count). The van der Waals surface area contributed by atoms with Crippen LogP contribution in [0.1, 0.15) is 42.5 Å². The van der Waals surface area contributed by atoms with Gasteiger partial charge < -0.3 is 20.4 Å². The number of β-amino-alcohol motifs (C(OH)–C–C–N with tert-alkyl or cyclic N) is 1. The number of rotatable bonds is 3. The van der Waals surface area contributed by atoms with Gasteiger partial charge in [0.05, 0.1) is 12.1 Å². The van der Waals surface area contributed by atoms with Gasteiger partial charge in [0, 0.05) is 12.1 Å². The molecule has 3 N–H and O–H groups in total. The van der Waals surface area contributed by atoms with Gasteiger partial charge in [-0.2, -0.15) is 0 Å². The highest BCUT2D eigenvalue weighted by atomic mass is 19.1. The molecule has 1 saturated carbocycles. The predicted molar refractivity (Wildman–Crippen MR) is 88.2 cm³/mol. The Bertz CT molecular complexity index is 694. The number of halogens is 2. The van der Waals surface area contributed by atoms with Crippen LogP contribution in [0.5, 0.6) is 0 Å². The molecule has 2 aliphatic rings. The zero-order chi connectivity index (χ0) is 18.8. The number of aliphatic hydroxyl groups is 2. The number of carbonyl (C=O) groups excluding carboxylic acids is 2. The van der Waals surface area contributed by atoms with E-state index in [-0.39, 0.29) is 12.6 Å². The fourth-order valence-electron chi connectivity index (χ4n) is 3.67. The van der Waals surface area contributed by atoms with Crippen LogP contribution in [0.2, 0.25) is 0 Å². The minimum atomic E-state index is -1.47. The van der Waals surface area contributed by atoms with Crippen molar-refractivity contribution in [2.24, 2.45) is 0 Å². The Labute approximate surface area is 149 Å². The van der Waals surface area contributed by atoms with E-state index in [1.807, 2.05) is 0 Å². The molecule has 1 heterocycles. The maximum Gasteiger partial charge on any atom is 0.257 e. The quantitative estimate of drug-likeness (QED) is 0.741. The minimum absolute atomic E-state index is 0.0410. The van der Waals surface area contributed by atoms with Gasteiger partial charge in [-0.3, -0.25) is 9.59 Å². The largest absolute Gasteiger partial charge is 0.388 e. The summed E-state index contributed by atoms with van der Waals surface area (Å²) >= 11 is 0. The second kappa shape index (κ2) is 7.67. The molecular formula is C18H22F2N2O4. The van der Waals surface area contributed by atoms with Gasteiger partial charge in [-0.15, -0.1) is 0 Å². The zero-order valence-electron chi connectivity index (χ0n) is 14.2. The topological polar surface area (TPSA) is 89.9 Å². The van der Waals surface area contributed by atoms with Gasteiger partial charge in [-0.1, -0.05) is 19.3 Å². The Kier molecular flexibility index (Phi) is 5.52. The molecule has 0 bridgehead atoms. The highest BCUT2D eigenvalue weighted by Gasteiger charge is 2.47. The van der Waals surface area contributed by atoms with E-state index >= 15 is 0 Å². The van der Waals surface area contributed by atoms with Crippen LogP contribution < -0.4 is 5.32 Å². The summed E-state index contributed by atoms with van der Waals surface area (Å²) in [4.78, 5) is 26.2. The number of hydrogen-bond acceptors (Lipinski definition) is 4. The van der Waals surface area contributed by atoms with Gasteiger partial charge >= 0.3 is 0 Å². The van der Waals surface area contributed by atoms with Crippen molar-refractivity contribution >= 4 is 11.8 Å². The first kappa shape index (κ1) is 18.7. The molecule has 0 radical (unpaired) electrons. The minimum Gasteiger partial charge on any atom is -0.388 e. The molecule has 142 valence electrons. The van der Waals surface area contributed by atoms with Crippen LogP contribution in [0, 0.1) is 11.6 Å². The highest BCUT2D eigenvalue weighted by Crippen LogP contribution is 2.24. The highest BCUT2D eigenvalue weighted by molar-refractivity contribution is 5.98. The number of hydrogen-bond donors (Lipinski definition) is 3. The normalized spacial score (nSPS) is 26.8. The average Bonchev–Trinajstić information content (AvgIpc) is 2.90. The SMILES string of the molecule is O=C(NC1CCCCC1)[C@@H]1[C@@H](O)[C@@H](O)CN1C(=O)c1ccc(F)cc1F. The second-order valence-electron chi connectivity index (χ2n) is 6.93. The molecule has 1 saturated heterocycles. The molecule has 0 unspecified atom stereocenters. The van der Waals surface area contributed by atoms with E-state index in [1.54, 1.807) is 0 Å². The van der Waals surface area contributed by atoms with Gasteiger partial charge in [0.25, 0.3) is 5.91 Å².